The summed E-state index contributed by atoms with van der Waals surface area (Å²) < 4.78 is 0. The maximum atomic E-state index is 11.5. The number of hydrogen-bond donors (Lipinski definition) is 3. The predicted octanol–water partition coefficient (Wildman–Crippen LogP) is 0.951. The summed E-state index contributed by atoms with van der Waals surface area (Å²) in [7, 11) is 1.40. The lowest BCUT2D eigenvalue weighted by atomic mass is 10.2. The average Bonchev–Trinajstić information content (AvgIpc) is 2.17. The van der Waals surface area contributed by atoms with Crippen LogP contribution in [0.15, 0.2) is 24.3 Å². The zero-order valence-corrected chi connectivity index (χ0v) is 9.28. The summed E-state index contributed by atoms with van der Waals surface area (Å²) in [4.78, 5) is 22.2. The molecule has 16 heavy (non-hydrogen) atoms. The number of likely N-dealkylation sites (N-methyl/N-ethyl adjacent to an activating group) is 1. The van der Waals surface area contributed by atoms with Gasteiger partial charge in [0.05, 0.1) is 0 Å². The van der Waals surface area contributed by atoms with Crippen LogP contribution in [0, 0.1) is 0 Å². The number of amides is 1. The summed E-state index contributed by atoms with van der Waals surface area (Å²) in [6, 6.07) is 5.20. The molecule has 1 rings (SSSR count). The molecule has 86 valence electrons. The van der Waals surface area contributed by atoms with Gasteiger partial charge in [-0.25, -0.2) is 4.79 Å². The first-order chi connectivity index (χ1) is 7.54. The van der Waals surface area contributed by atoms with Crippen LogP contribution in [-0.4, -0.2) is 30.1 Å². The van der Waals surface area contributed by atoms with Gasteiger partial charge in [-0.3, -0.25) is 10.1 Å². The van der Waals surface area contributed by atoms with Gasteiger partial charge in [0.25, 0.3) is 5.91 Å². The Morgan fingerprint density at radius 1 is 1.44 bits per heavy atom. The van der Waals surface area contributed by atoms with Crippen molar-refractivity contribution in [2.75, 3.05) is 12.4 Å². The Bertz CT molecular complexity index is 409. The molecule has 1 aromatic carbocycles. The van der Waals surface area contributed by atoms with Crippen molar-refractivity contribution in [3.8, 4) is 0 Å². The highest BCUT2D eigenvalue weighted by molar-refractivity contribution is 6.30. The lowest BCUT2D eigenvalue weighted by molar-refractivity contribution is -0.142. The molecular weight excluding hydrogens is 232 g/mol. The molecule has 1 unspecified atom stereocenters. The second-order valence-electron chi connectivity index (χ2n) is 3.06. The van der Waals surface area contributed by atoms with E-state index in [9.17, 15) is 9.59 Å². The van der Waals surface area contributed by atoms with Crippen LogP contribution in [0.1, 0.15) is 0 Å². The highest BCUT2D eigenvalue weighted by Gasteiger charge is 2.23. The molecule has 0 saturated heterocycles. The molecule has 3 N–H and O–H groups in total. The summed E-state index contributed by atoms with van der Waals surface area (Å²) in [5.74, 6) is -1.88. The van der Waals surface area contributed by atoms with Crippen LogP contribution >= 0.6 is 11.6 Å². The van der Waals surface area contributed by atoms with Gasteiger partial charge in [-0.05, 0) is 25.2 Å². The quantitative estimate of drug-likeness (QED) is 0.687. The summed E-state index contributed by atoms with van der Waals surface area (Å²) in [5.41, 5.74) is 0.457. The van der Waals surface area contributed by atoms with E-state index in [2.05, 4.69) is 10.6 Å². The zero-order chi connectivity index (χ0) is 12.1. The van der Waals surface area contributed by atoms with Crippen molar-refractivity contribution >= 4 is 29.2 Å². The van der Waals surface area contributed by atoms with Gasteiger partial charge in [-0.15, -0.1) is 0 Å². The van der Waals surface area contributed by atoms with Crippen LogP contribution in [0.2, 0.25) is 5.02 Å². The summed E-state index contributed by atoms with van der Waals surface area (Å²) in [5, 5.41) is 14.0. The van der Waals surface area contributed by atoms with Crippen molar-refractivity contribution in [2.24, 2.45) is 0 Å². The van der Waals surface area contributed by atoms with E-state index in [0.717, 1.165) is 0 Å². The zero-order valence-electron chi connectivity index (χ0n) is 8.53. The Hall–Kier alpha value is -1.59. The van der Waals surface area contributed by atoms with E-state index < -0.39 is 17.9 Å². The molecule has 6 heteroatoms. The number of carboxylic acids is 1. The van der Waals surface area contributed by atoms with Crippen molar-refractivity contribution < 1.29 is 14.7 Å². The van der Waals surface area contributed by atoms with E-state index in [0.29, 0.717) is 10.7 Å². The Morgan fingerprint density at radius 3 is 2.62 bits per heavy atom. The molecule has 0 aliphatic heterocycles. The number of rotatable bonds is 4. The number of aliphatic carboxylic acids is 1. The summed E-state index contributed by atoms with van der Waals surface area (Å²) in [6.45, 7) is 0. The second-order valence-corrected chi connectivity index (χ2v) is 3.50. The highest BCUT2D eigenvalue weighted by atomic mass is 35.5. The molecule has 1 amide bonds. The van der Waals surface area contributed by atoms with Crippen molar-refractivity contribution in [2.45, 2.75) is 6.04 Å². The number of carbonyl (C=O) groups excluding carboxylic acids is 1. The van der Waals surface area contributed by atoms with Crippen LogP contribution in [0.4, 0.5) is 5.69 Å². The topological polar surface area (TPSA) is 78.4 Å². The largest absolute Gasteiger partial charge is 0.480 e. The monoisotopic (exact) mass is 242 g/mol. The number of benzene rings is 1. The van der Waals surface area contributed by atoms with E-state index in [-0.39, 0.29) is 0 Å². The molecule has 0 heterocycles. The maximum Gasteiger partial charge on any atom is 0.330 e. The van der Waals surface area contributed by atoms with E-state index in [1.807, 2.05) is 0 Å². The third-order valence-electron chi connectivity index (χ3n) is 1.89. The molecule has 0 bridgehead atoms. The van der Waals surface area contributed by atoms with Gasteiger partial charge >= 0.3 is 5.97 Å². The standard InChI is InChI=1S/C10H11ClN2O3/c1-12-8(10(15)16)9(14)13-7-4-2-3-6(11)5-7/h2-5,8,12H,1H3,(H,13,14)(H,15,16). The molecule has 5 nitrogen and oxygen atoms in total. The number of hydrogen-bond acceptors (Lipinski definition) is 3. The molecule has 1 aromatic rings. The molecule has 0 aliphatic carbocycles. The molecule has 0 fully saturated rings. The minimum Gasteiger partial charge on any atom is -0.480 e. The van der Waals surface area contributed by atoms with Crippen molar-refractivity contribution in [1.29, 1.82) is 0 Å². The van der Waals surface area contributed by atoms with Gasteiger partial charge in [0.15, 0.2) is 6.04 Å². The molecular formula is C10H11ClN2O3. The van der Waals surface area contributed by atoms with Gasteiger partial charge in [0.1, 0.15) is 0 Å². The van der Waals surface area contributed by atoms with Crippen molar-refractivity contribution in [3.63, 3.8) is 0 Å². The van der Waals surface area contributed by atoms with Crippen LogP contribution in [-0.2, 0) is 9.59 Å². The van der Waals surface area contributed by atoms with E-state index >= 15 is 0 Å². The normalized spacial score (nSPS) is 11.9. The van der Waals surface area contributed by atoms with Gasteiger partial charge in [0.2, 0.25) is 0 Å². The minimum absolute atomic E-state index is 0.457. The molecule has 0 aliphatic rings. The molecule has 1 atom stereocenters. The fraction of sp³-hybridized carbons (Fsp3) is 0.200. The Labute approximate surface area is 97.4 Å². The van der Waals surface area contributed by atoms with Crippen molar-refractivity contribution in [1.82, 2.24) is 5.32 Å². The van der Waals surface area contributed by atoms with Gasteiger partial charge in [-0.1, -0.05) is 17.7 Å². The molecule has 0 saturated carbocycles. The third-order valence-corrected chi connectivity index (χ3v) is 2.13. The van der Waals surface area contributed by atoms with Gasteiger partial charge in [0, 0.05) is 10.7 Å². The van der Waals surface area contributed by atoms with Gasteiger partial charge in [-0.2, -0.15) is 0 Å². The van der Waals surface area contributed by atoms with E-state index in [1.54, 1.807) is 18.2 Å². The van der Waals surface area contributed by atoms with Crippen LogP contribution in [0.25, 0.3) is 0 Å². The van der Waals surface area contributed by atoms with Crippen LogP contribution < -0.4 is 10.6 Å². The minimum atomic E-state index is -1.28. The Balaban J connectivity index is 2.74. The first-order valence-electron chi connectivity index (χ1n) is 4.51. The smallest absolute Gasteiger partial charge is 0.330 e. The maximum absolute atomic E-state index is 11.5. The highest BCUT2D eigenvalue weighted by Crippen LogP contribution is 2.14. The first-order valence-corrected chi connectivity index (χ1v) is 4.89. The second kappa shape index (κ2) is 5.48. The number of anilines is 1. The number of halogens is 1. The van der Waals surface area contributed by atoms with E-state index in [4.69, 9.17) is 16.7 Å². The predicted molar refractivity (Wildman–Crippen MR) is 60.6 cm³/mol. The number of carboxylic acid groups (broad SMARTS) is 1. The lowest BCUT2D eigenvalue weighted by Gasteiger charge is -2.11. The number of carbonyl (C=O) groups is 2. The Kier molecular flexibility index (Phi) is 4.28. The molecule has 0 aromatic heterocycles. The van der Waals surface area contributed by atoms with Crippen LogP contribution in [0.3, 0.4) is 0 Å². The van der Waals surface area contributed by atoms with E-state index in [1.165, 1.54) is 13.1 Å². The van der Waals surface area contributed by atoms with Gasteiger partial charge < -0.3 is 10.4 Å². The summed E-state index contributed by atoms with van der Waals surface area (Å²) in [6.07, 6.45) is 0. The number of nitrogens with one attached hydrogen (secondary N) is 2. The Morgan fingerprint density at radius 2 is 2.12 bits per heavy atom. The fourth-order valence-electron chi connectivity index (χ4n) is 1.15. The average molecular weight is 243 g/mol. The first kappa shape index (κ1) is 12.5. The molecule has 0 spiro atoms. The third kappa shape index (κ3) is 3.22. The fourth-order valence-corrected chi connectivity index (χ4v) is 1.34. The molecule has 0 radical (unpaired) electrons. The SMILES string of the molecule is CNC(C(=O)O)C(=O)Nc1cccc(Cl)c1. The lowest BCUT2D eigenvalue weighted by Crippen LogP contribution is -2.44. The van der Waals surface area contributed by atoms with Crippen molar-refractivity contribution in [3.05, 3.63) is 29.3 Å². The summed E-state index contributed by atoms with van der Waals surface area (Å²) >= 11 is 5.72. The van der Waals surface area contributed by atoms with Crippen LogP contribution in [0.5, 0.6) is 0 Å².